The monoisotopic (exact) mass is 180 g/mol. The van der Waals surface area contributed by atoms with Gasteiger partial charge in [0.1, 0.15) is 0 Å². The Kier molecular flexibility index (Phi) is 2.44. The van der Waals surface area contributed by atoms with Crippen LogP contribution in [-0.2, 0) is 0 Å². The first-order valence-corrected chi connectivity index (χ1v) is 2.77. The van der Waals surface area contributed by atoms with Crippen LogP contribution >= 0.6 is 0 Å². The SMILES string of the molecule is OCOc1nnc(F)c(F)c1F. The molecule has 0 aliphatic rings. The number of aliphatic hydroxyl groups excluding tert-OH is 1. The molecular formula is C5H3F3N2O2. The molecule has 0 spiro atoms. The largest absolute Gasteiger partial charge is 0.447 e. The van der Waals surface area contributed by atoms with E-state index in [-0.39, 0.29) is 0 Å². The minimum absolute atomic E-state index is 0.878. The first kappa shape index (κ1) is 8.72. The molecular weight excluding hydrogens is 177 g/mol. The molecule has 0 aliphatic heterocycles. The van der Waals surface area contributed by atoms with Crippen molar-refractivity contribution in [2.75, 3.05) is 6.79 Å². The van der Waals surface area contributed by atoms with Crippen LogP contribution in [0.2, 0.25) is 0 Å². The van der Waals surface area contributed by atoms with Crippen LogP contribution in [-0.4, -0.2) is 22.1 Å². The standard InChI is InChI=1S/C5H3F3N2O2/c6-2-3(7)5(12-1-11)10-9-4(2)8/h11H,1H2. The number of halogens is 3. The number of aromatic nitrogens is 2. The molecule has 0 saturated heterocycles. The summed E-state index contributed by atoms with van der Waals surface area (Å²) in [7, 11) is 0. The van der Waals surface area contributed by atoms with Gasteiger partial charge in [0, 0.05) is 0 Å². The Morgan fingerprint density at radius 1 is 1.17 bits per heavy atom. The van der Waals surface area contributed by atoms with Gasteiger partial charge in [0.2, 0.25) is 11.6 Å². The summed E-state index contributed by atoms with van der Waals surface area (Å²) in [5.74, 6) is -5.93. The van der Waals surface area contributed by atoms with E-state index in [9.17, 15) is 13.2 Å². The van der Waals surface area contributed by atoms with Gasteiger partial charge in [-0.1, -0.05) is 0 Å². The molecule has 1 N–H and O–H groups in total. The zero-order valence-electron chi connectivity index (χ0n) is 5.59. The molecule has 4 nitrogen and oxygen atoms in total. The van der Waals surface area contributed by atoms with Crippen molar-refractivity contribution in [2.24, 2.45) is 0 Å². The molecule has 0 unspecified atom stereocenters. The maximum absolute atomic E-state index is 12.5. The van der Waals surface area contributed by atoms with Crippen LogP contribution in [0.3, 0.4) is 0 Å². The second-order valence-electron chi connectivity index (χ2n) is 1.70. The maximum atomic E-state index is 12.5. The van der Waals surface area contributed by atoms with Gasteiger partial charge < -0.3 is 9.84 Å². The van der Waals surface area contributed by atoms with Crippen molar-refractivity contribution in [3.63, 3.8) is 0 Å². The summed E-state index contributed by atoms with van der Waals surface area (Å²) in [6.07, 6.45) is 0. The van der Waals surface area contributed by atoms with E-state index in [2.05, 4.69) is 14.9 Å². The van der Waals surface area contributed by atoms with E-state index in [0.717, 1.165) is 0 Å². The summed E-state index contributed by atoms with van der Waals surface area (Å²) in [6.45, 7) is -0.892. The summed E-state index contributed by atoms with van der Waals surface area (Å²) in [6, 6.07) is 0. The van der Waals surface area contributed by atoms with Gasteiger partial charge in [-0.2, -0.15) is 13.2 Å². The molecule has 66 valence electrons. The average Bonchev–Trinajstić information content (AvgIpc) is 2.07. The van der Waals surface area contributed by atoms with Gasteiger partial charge in [-0.15, -0.1) is 10.2 Å². The van der Waals surface area contributed by atoms with Crippen molar-refractivity contribution in [1.82, 2.24) is 10.2 Å². The third-order valence-electron chi connectivity index (χ3n) is 0.991. The number of ether oxygens (including phenoxy) is 1. The van der Waals surface area contributed by atoms with E-state index >= 15 is 0 Å². The van der Waals surface area contributed by atoms with Gasteiger partial charge in [0.05, 0.1) is 0 Å². The quantitative estimate of drug-likeness (QED) is 0.661. The molecule has 0 atom stereocenters. The van der Waals surface area contributed by atoms with E-state index in [1.165, 1.54) is 0 Å². The predicted molar refractivity (Wildman–Crippen MR) is 29.6 cm³/mol. The van der Waals surface area contributed by atoms with Crippen LogP contribution in [0.1, 0.15) is 0 Å². The minimum Gasteiger partial charge on any atom is -0.447 e. The zero-order chi connectivity index (χ0) is 9.14. The van der Waals surface area contributed by atoms with Crippen molar-refractivity contribution in [3.8, 4) is 5.88 Å². The fraction of sp³-hybridized carbons (Fsp3) is 0.200. The molecule has 7 heteroatoms. The molecule has 0 saturated carbocycles. The normalized spacial score (nSPS) is 10.0. The lowest BCUT2D eigenvalue weighted by Crippen LogP contribution is -2.05. The highest BCUT2D eigenvalue weighted by Crippen LogP contribution is 2.16. The van der Waals surface area contributed by atoms with E-state index in [1.54, 1.807) is 0 Å². The maximum Gasteiger partial charge on any atom is 0.275 e. The number of hydrogen-bond acceptors (Lipinski definition) is 4. The summed E-state index contributed by atoms with van der Waals surface area (Å²) >= 11 is 0. The van der Waals surface area contributed by atoms with Crippen molar-refractivity contribution in [1.29, 1.82) is 0 Å². The molecule has 0 amide bonds. The fourth-order valence-electron chi connectivity index (χ4n) is 0.515. The summed E-state index contributed by atoms with van der Waals surface area (Å²) in [5.41, 5.74) is 0. The highest BCUT2D eigenvalue weighted by molar-refractivity contribution is 5.12. The van der Waals surface area contributed by atoms with Gasteiger partial charge in [-0.05, 0) is 0 Å². The lowest BCUT2D eigenvalue weighted by molar-refractivity contribution is 0.0866. The molecule has 1 rings (SSSR count). The molecule has 0 radical (unpaired) electrons. The van der Waals surface area contributed by atoms with Crippen LogP contribution in [0, 0.1) is 17.6 Å². The van der Waals surface area contributed by atoms with Crippen molar-refractivity contribution in [2.45, 2.75) is 0 Å². The van der Waals surface area contributed by atoms with E-state index < -0.39 is 30.3 Å². The van der Waals surface area contributed by atoms with Crippen LogP contribution in [0.5, 0.6) is 5.88 Å². The highest BCUT2D eigenvalue weighted by atomic mass is 19.2. The predicted octanol–water partition coefficient (Wildman–Crippen LogP) is 0.222. The molecule has 0 aliphatic carbocycles. The average molecular weight is 180 g/mol. The molecule has 1 aromatic rings. The Balaban J connectivity index is 3.08. The fourth-order valence-corrected chi connectivity index (χ4v) is 0.515. The summed E-state index contributed by atoms with van der Waals surface area (Å²) in [5, 5.41) is 13.5. The molecule has 12 heavy (non-hydrogen) atoms. The number of hydrogen-bond donors (Lipinski definition) is 1. The van der Waals surface area contributed by atoms with Gasteiger partial charge in [0.15, 0.2) is 6.79 Å². The molecule has 0 aromatic carbocycles. The minimum atomic E-state index is -1.78. The highest BCUT2D eigenvalue weighted by Gasteiger charge is 2.17. The first-order chi connectivity index (χ1) is 5.66. The summed E-state index contributed by atoms with van der Waals surface area (Å²) in [4.78, 5) is 0. The Labute approximate surface area is 64.6 Å². The van der Waals surface area contributed by atoms with Gasteiger partial charge in [-0.3, -0.25) is 0 Å². The van der Waals surface area contributed by atoms with Crippen LogP contribution in [0.15, 0.2) is 0 Å². The molecule has 0 bridgehead atoms. The first-order valence-electron chi connectivity index (χ1n) is 2.77. The van der Waals surface area contributed by atoms with E-state index in [4.69, 9.17) is 5.11 Å². The van der Waals surface area contributed by atoms with Crippen LogP contribution in [0.25, 0.3) is 0 Å². The van der Waals surface area contributed by atoms with E-state index in [1.807, 2.05) is 0 Å². The Bertz CT molecular complexity index is 294. The van der Waals surface area contributed by atoms with Gasteiger partial charge >= 0.3 is 0 Å². The van der Waals surface area contributed by atoms with E-state index in [0.29, 0.717) is 0 Å². The smallest absolute Gasteiger partial charge is 0.275 e. The Morgan fingerprint density at radius 3 is 2.42 bits per heavy atom. The third-order valence-corrected chi connectivity index (χ3v) is 0.991. The van der Waals surface area contributed by atoms with Crippen LogP contribution in [0.4, 0.5) is 13.2 Å². The number of rotatable bonds is 2. The summed E-state index contributed by atoms with van der Waals surface area (Å²) < 4.78 is 41.0. The number of aliphatic hydroxyl groups is 1. The molecule has 0 fully saturated rings. The number of nitrogens with zero attached hydrogens (tertiary/aromatic N) is 2. The van der Waals surface area contributed by atoms with Crippen molar-refractivity contribution >= 4 is 0 Å². The topological polar surface area (TPSA) is 55.2 Å². The van der Waals surface area contributed by atoms with Crippen LogP contribution < -0.4 is 4.74 Å². The van der Waals surface area contributed by atoms with Gasteiger partial charge in [0.25, 0.3) is 11.8 Å². The lowest BCUT2D eigenvalue weighted by Gasteiger charge is -2.00. The Morgan fingerprint density at radius 2 is 1.83 bits per heavy atom. The lowest BCUT2D eigenvalue weighted by atomic mass is 10.5. The third kappa shape index (κ3) is 1.45. The van der Waals surface area contributed by atoms with Crippen molar-refractivity contribution < 1.29 is 23.0 Å². The molecule has 1 aromatic heterocycles. The van der Waals surface area contributed by atoms with Gasteiger partial charge in [-0.25, -0.2) is 0 Å². The molecule has 1 heterocycles. The second kappa shape index (κ2) is 3.35. The second-order valence-corrected chi connectivity index (χ2v) is 1.70. The zero-order valence-corrected chi connectivity index (χ0v) is 5.59. The Hall–Kier alpha value is -1.37. The van der Waals surface area contributed by atoms with Crippen molar-refractivity contribution in [3.05, 3.63) is 17.6 Å².